The van der Waals surface area contributed by atoms with Gasteiger partial charge in [0.1, 0.15) is 18.5 Å². The molecule has 2 rings (SSSR count). The highest BCUT2D eigenvalue weighted by Gasteiger charge is 2.09. The molecule has 0 aromatic heterocycles. The van der Waals surface area contributed by atoms with E-state index < -0.39 is 6.10 Å². The summed E-state index contributed by atoms with van der Waals surface area (Å²) in [6, 6.07) is 17.1. The average Bonchev–Trinajstić information content (AvgIpc) is 2.48. The Labute approximate surface area is 113 Å². The molecule has 0 bridgehead atoms. The van der Waals surface area contributed by atoms with E-state index in [1.165, 1.54) is 0 Å². The van der Waals surface area contributed by atoms with Crippen LogP contribution in [0.5, 0.6) is 5.75 Å². The largest absolute Gasteiger partial charge is 0.491 e. The molecule has 0 spiro atoms. The maximum Gasteiger partial charge on any atom is 0.119 e. The Kier molecular flexibility index (Phi) is 4.95. The molecule has 100 valence electrons. The first-order valence-corrected chi connectivity index (χ1v) is 6.26. The molecule has 0 saturated heterocycles. The average molecular weight is 258 g/mol. The molecule has 0 fully saturated rings. The van der Waals surface area contributed by atoms with Gasteiger partial charge in [-0.3, -0.25) is 0 Å². The number of aliphatic hydroxyl groups is 1. The molecule has 0 aliphatic carbocycles. The summed E-state index contributed by atoms with van der Waals surface area (Å²) in [4.78, 5) is 0. The van der Waals surface area contributed by atoms with E-state index in [1.807, 2.05) is 54.6 Å². The molecule has 3 nitrogen and oxygen atoms in total. The highest BCUT2D eigenvalue weighted by atomic mass is 16.5. The zero-order valence-electron chi connectivity index (χ0n) is 11.0. The van der Waals surface area contributed by atoms with E-state index in [1.54, 1.807) is 7.11 Å². The topological polar surface area (TPSA) is 38.7 Å². The third-order valence-electron chi connectivity index (χ3n) is 2.87. The van der Waals surface area contributed by atoms with Gasteiger partial charge in [0.15, 0.2) is 0 Å². The van der Waals surface area contributed by atoms with Gasteiger partial charge in [-0.2, -0.15) is 0 Å². The highest BCUT2D eigenvalue weighted by Crippen LogP contribution is 2.23. The Morgan fingerprint density at radius 2 is 1.53 bits per heavy atom. The van der Waals surface area contributed by atoms with Crippen LogP contribution < -0.4 is 4.74 Å². The molecule has 0 amide bonds. The zero-order valence-corrected chi connectivity index (χ0v) is 11.0. The second-order valence-electron chi connectivity index (χ2n) is 4.22. The Bertz CT molecular complexity index is 479. The van der Waals surface area contributed by atoms with Crippen molar-refractivity contribution >= 4 is 0 Å². The molecule has 1 N–H and O–H groups in total. The van der Waals surface area contributed by atoms with Crippen LogP contribution in [0.3, 0.4) is 0 Å². The van der Waals surface area contributed by atoms with Gasteiger partial charge in [-0.15, -0.1) is 0 Å². The van der Waals surface area contributed by atoms with Gasteiger partial charge >= 0.3 is 0 Å². The smallest absolute Gasteiger partial charge is 0.119 e. The van der Waals surface area contributed by atoms with Gasteiger partial charge in [0, 0.05) is 7.11 Å². The molecule has 1 unspecified atom stereocenters. The third kappa shape index (κ3) is 3.81. The second kappa shape index (κ2) is 6.92. The van der Waals surface area contributed by atoms with Crippen molar-refractivity contribution in [2.24, 2.45) is 0 Å². The zero-order chi connectivity index (χ0) is 13.5. The van der Waals surface area contributed by atoms with Crippen molar-refractivity contribution in [2.75, 3.05) is 20.3 Å². The third-order valence-corrected chi connectivity index (χ3v) is 2.87. The van der Waals surface area contributed by atoms with E-state index in [4.69, 9.17) is 9.47 Å². The van der Waals surface area contributed by atoms with Crippen molar-refractivity contribution in [1.82, 2.24) is 0 Å². The minimum atomic E-state index is -0.603. The fourth-order valence-electron chi connectivity index (χ4n) is 1.82. The van der Waals surface area contributed by atoms with Crippen LogP contribution >= 0.6 is 0 Å². The summed E-state index contributed by atoms with van der Waals surface area (Å²) in [5, 5.41) is 10.2. The van der Waals surface area contributed by atoms with Crippen LogP contribution in [0.25, 0.3) is 0 Å². The van der Waals surface area contributed by atoms with E-state index in [2.05, 4.69) is 0 Å². The van der Waals surface area contributed by atoms with Gasteiger partial charge in [0.25, 0.3) is 0 Å². The molecule has 2 aromatic carbocycles. The summed E-state index contributed by atoms with van der Waals surface area (Å²) in [6.45, 7) is 1.09. The maximum absolute atomic E-state index is 10.2. The summed E-state index contributed by atoms with van der Waals surface area (Å²) >= 11 is 0. The van der Waals surface area contributed by atoms with Gasteiger partial charge in [0.2, 0.25) is 0 Å². The maximum atomic E-state index is 10.2. The molecule has 1 atom stereocenters. The van der Waals surface area contributed by atoms with Crippen molar-refractivity contribution in [3.05, 3.63) is 65.7 Å². The minimum Gasteiger partial charge on any atom is -0.491 e. The second-order valence-corrected chi connectivity index (χ2v) is 4.22. The summed E-state index contributed by atoms with van der Waals surface area (Å²) in [7, 11) is 1.64. The lowest BCUT2D eigenvalue weighted by Crippen LogP contribution is -2.04. The number of rotatable bonds is 6. The number of aliphatic hydroxyl groups excluding tert-OH is 1. The predicted octanol–water partition coefficient (Wildman–Crippen LogP) is 2.79. The summed E-state index contributed by atoms with van der Waals surface area (Å²) in [5.74, 6) is 0.779. The normalized spacial score (nSPS) is 12.1. The lowest BCUT2D eigenvalue weighted by atomic mass is 10.0. The Hall–Kier alpha value is -1.84. The number of hydrogen-bond acceptors (Lipinski definition) is 3. The van der Waals surface area contributed by atoms with Crippen molar-refractivity contribution in [2.45, 2.75) is 6.10 Å². The molecular weight excluding hydrogens is 240 g/mol. The van der Waals surface area contributed by atoms with Crippen LogP contribution in [0.15, 0.2) is 54.6 Å². The molecule has 0 aliphatic heterocycles. The molecule has 2 aromatic rings. The fourth-order valence-corrected chi connectivity index (χ4v) is 1.82. The van der Waals surface area contributed by atoms with E-state index in [9.17, 15) is 5.11 Å². The quantitative estimate of drug-likeness (QED) is 0.810. The minimum absolute atomic E-state index is 0.525. The SMILES string of the molecule is COCCOc1ccc(C(O)c2ccccc2)cc1. The van der Waals surface area contributed by atoms with Gasteiger partial charge in [0.05, 0.1) is 6.61 Å². The van der Waals surface area contributed by atoms with E-state index in [0.29, 0.717) is 13.2 Å². The van der Waals surface area contributed by atoms with Gasteiger partial charge in [-0.1, -0.05) is 42.5 Å². The van der Waals surface area contributed by atoms with Gasteiger partial charge in [-0.25, -0.2) is 0 Å². The molecule has 0 aliphatic rings. The Morgan fingerprint density at radius 1 is 0.895 bits per heavy atom. The number of benzene rings is 2. The standard InChI is InChI=1S/C16H18O3/c1-18-11-12-19-15-9-7-14(8-10-15)16(17)13-5-3-2-4-6-13/h2-10,16-17H,11-12H2,1H3. The first-order chi connectivity index (χ1) is 9.31. The van der Waals surface area contributed by atoms with Crippen molar-refractivity contribution in [3.8, 4) is 5.75 Å². The molecule has 0 radical (unpaired) electrons. The monoisotopic (exact) mass is 258 g/mol. The fraction of sp³-hybridized carbons (Fsp3) is 0.250. The first-order valence-electron chi connectivity index (χ1n) is 6.26. The van der Waals surface area contributed by atoms with Crippen LogP contribution in [0.4, 0.5) is 0 Å². The number of hydrogen-bond donors (Lipinski definition) is 1. The lowest BCUT2D eigenvalue weighted by molar-refractivity contribution is 0.146. The Balaban J connectivity index is 2.02. The molecule has 0 heterocycles. The summed E-state index contributed by atoms with van der Waals surface area (Å²) in [5.41, 5.74) is 1.74. The van der Waals surface area contributed by atoms with E-state index in [-0.39, 0.29) is 0 Å². The molecular formula is C16H18O3. The summed E-state index contributed by atoms with van der Waals surface area (Å²) < 4.78 is 10.4. The van der Waals surface area contributed by atoms with Crippen molar-refractivity contribution in [3.63, 3.8) is 0 Å². The van der Waals surface area contributed by atoms with Gasteiger partial charge < -0.3 is 14.6 Å². The van der Waals surface area contributed by atoms with Gasteiger partial charge in [-0.05, 0) is 23.3 Å². The van der Waals surface area contributed by atoms with Crippen LogP contribution in [-0.2, 0) is 4.74 Å². The highest BCUT2D eigenvalue weighted by molar-refractivity contribution is 5.33. The molecule has 3 heteroatoms. The number of methoxy groups -OCH3 is 1. The van der Waals surface area contributed by atoms with Crippen LogP contribution in [0.2, 0.25) is 0 Å². The first kappa shape index (κ1) is 13.6. The van der Waals surface area contributed by atoms with Crippen molar-refractivity contribution in [1.29, 1.82) is 0 Å². The Morgan fingerprint density at radius 3 is 2.16 bits per heavy atom. The predicted molar refractivity (Wildman–Crippen MR) is 74.3 cm³/mol. The van der Waals surface area contributed by atoms with Crippen LogP contribution in [0, 0.1) is 0 Å². The van der Waals surface area contributed by atoms with Crippen LogP contribution in [-0.4, -0.2) is 25.4 Å². The number of ether oxygens (including phenoxy) is 2. The lowest BCUT2D eigenvalue weighted by Gasteiger charge is -2.12. The van der Waals surface area contributed by atoms with E-state index in [0.717, 1.165) is 16.9 Å². The molecule has 0 saturated carbocycles. The van der Waals surface area contributed by atoms with Crippen molar-refractivity contribution < 1.29 is 14.6 Å². The molecule has 19 heavy (non-hydrogen) atoms. The van der Waals surface area contributed by atoms with Crippen LogP contribution in [0.1, 0.15) is 17.2 Å². The summed E-state index contributed by atoms with van der Waals surface area (Å²) in [6.07, 6.45) is -0.603. The van der Waals surface area contributed by atoms with E-state index >= 15 is 0 Å².